The van der Waals surface area contributed by atoms with Gasteiger partial charge in [-0.15, -0.1) is 0 Å². The maximum Gasteiger partial charge on any atom is 0.260 e. The van der Waals surface area contributed by atoms with Gasteiger partial charge in [0.25, 0.3) is 5.91 Å². The van der Waals surface area contributed by atoms with Crippen molar-refractivity contribution in [3.63, 3.8) is 0 Å². The minimum Gasteiger partial charge on any atom is -0.484 e. The third kappa shape index (κ3) is 4.64. The van der Waals surface area contributed by atoms with Gasteiger partial charge in [-0.2, -0.15) is 4.31 Å². The summed E-state index contributed by atoms with van der Waals surface area (Å²) < 4.78 is 45.3. The van der Waals surface area contributed by atoms with Crippen LogP contribution in [0.4, 0.5) is 4.39 Å². The monoisotopic (exact) mass is 392 g/mol. The molecule has 0 aromatic heterocycles. The predicted molar refractivity (Wildman–Crippen MR) is 98.4 cm³/mol. The zero-order chi connectivity index (χ0) is 19.4. The summed E-state index contributed by atoms with van der Waals surface area (Å²) in [5, 5.41) is 0. The summed E-state index contributed by atoms with van der Waals surface area (Å²) in [6.07, 6.45) is 0. The molecule has 1 fully saturated rings. The van der Waals surface area contributed by atoms with Gasteiger partial charge in [0.15, 0.2) is 6.61 Å². The lowest BCUT2D eigenvalue weighted by atomic mass is 10.2. The fraction of sp³-hybridized carbons (Fsp3) is 0.316. The molecule has 0 spiro atoms. The van der Waals surface area contributed by atoms with E-state index in [0.29, 0.717) is 5.75 Å². The highest BCUT2D eigenvalue weighted by Gasteiger charge is 2.30. The van der Waals surface area contributed by atoms with Crippen LogP contribution in [0.25, 0.3) is 0 Å². The van der Waals surface area contributed by atoms with Gasteiger partial charge in [-0.3, -0.25) is 4.79 Å². The van der Waals surface area contributed by atoms with Crippen molar-refractivity contribution < 1.29 is 22.3 Å². The maximum absolute atomic E-state index is 13.3. The number of benzene rings is 2. The van der Waals surface area contributed by atoms with E-state index >= 15 is 0 Å². The lowest BCUT2D eigenvalue weighted by molar-refractivity contribution is -0.134. The number of aryl methyl sites for hydroxylation is 1. The number of nitrogens with zero attached hydrogens (tertiary/aromatic N) is 2. The molecule has 8 heteroatoms. The molecule has 0 unspecified atom stereocenters. The second-order valence-electron chi connectivity index (χ2n) is 6.34. The Morgan fingerprint density at radius 2 is 1.74 bits per heavy atom. The quantitative estimate of drug-likeness (QED) is 0.781. The molecular weight excluding hydrogens is 371 g/mol. The first-order chi connectivity index (χ1) is 12.9. The van der Waals surface area contributed by atoms with E-state index in [1.54, 1.807) is 17.0 Å². The molecule has 3 rings (SSSR count). The molecule has 144 valence electrons. The second-order valence-corrected chi connectivity index (χ2v) is 8.28. The highest BCUT2D eigenvalue weighted by Crippen LogP contribution is 2.19. The molecule has 0 atom stereocenters. The number of ether oxygens (including phenoxy) is 1. The van der Waals surface area contributed by atoms with E-state index in [1.165, 1.54) is 22.5 Å². The van der Waals surface area contributed by atoms with E-state index in [1.807, 2.05) is 19.1 Å². The number of sulfonamides is 1. The van der Waals surface area contributed by atoms with Crippen LogP contribution in [-0.2, 0) is 14.8 Å². The van der Waals surface area contributed by atoms with Crippen molar-refractivity contribution in [2.24, 2.45) is 0 Å². The van der Waals surface area contributed by atoms with Gasteiger partial charge in [-0.1, -0.05) is 23.8 Å². The largest absolute Gasteiger partial charge is 0.484 e. The van der Waals surface area contributed by atoms with Gasteiger partial charge < -0.3 is 9.64 Å². The van der Waals surface area contributed by atoms with Crippen LogP contribution in [0, 0.1) is 12.7 Å². The van der Waals surface area contributed by atoms with Gasteiger partial charge in [0.1, 0.15) is 11.6 Å². The smallest absolute Gasteiger partial charge is 0.260 e. The lowest BCUT2D eigenvalue weighted by Gasteiger charge is -2.34. The normalized spacial score (nSPS) is 15.6. The second kappa shape index (κ2) is 8.06. The van der Waals surface area contributed by atoms with Crippen LogP contribution in [0.2, 0.25) is 0 Å². The molecule has 0 aliphatic carbocycles. The SMILES string of the molecule is Cc1ccc(OCC(=O)N2CCN(S(=O)(=O)c3cccc(F)c3)CC2)cc1. The first-order valence-corrected chi connectivity index (χ1v) is 10.0. The minimum absolute atomic E-state index is 0.0787. The topological polar surface area (TPSA) is 66.9 Å². The third-order valence-electron chi connectivity index (χ3n) is 4.41. The number of carbonyl (C=O) groups is 1. The number of hydrogen-bond donors (Lipinski definition) is 0. The number of piperazine rings is 1. The summed E-state index contributed by atoms with van der Waals surface area (Å²) in [7, 11) is -3.77. The van der Waals surface area contributed by atoms with Crippen molar-refractivity contribution in [1.29, 1.82) is 0 Å². The Hall–Kier alpha value is -2.45. The molecule has 2 aromatic rings. The molecule has 27 heavy (non-hydrogen) atoms. The van der Waals surface area contributed by atoms with Crippen molar-refractivity contribution >= 4 is 15.9 Å². The van der Waals surface area contributed by atoms with Crippen LogP contribution in [-0.4, -0.2) is 56.3 Å². The van der Waals surface area contributed by atoms with Crippen LogP contribution in [0.15, 0.2) is 53.4 Å². The summed E-state index contributed by atoms with van der Waals surface area (Å²) in [4.78, 5) is 13.8. The van der Waals surface area contributed by atoms with Gasteiger partial charge in [0, 0.05) is 26.2 Å². The average molecular weight is 392 g/mol. The van der Waals surface area contributed by atoms with Crippen molar-refractivity contribution in [1.82, 2.24) is 9.21 Å². The van der Waals surface area contributed by atoms with E-state index in [2.05, 4.69) is 0 Å². The first-order valence-electron chi connectivity index (χ1n) is 8.59. The zero-order valence-corrected chi connectivity index (χ0v) is 15.8. The van der Waals surface area contributed by atoms with Gasteiger partial charge in [-0.05, 0) is 37.3 Å². The zero-order valence-electron chi connectivity index (χ0n) is 15.0. The van der Waals surface area contributed by atoms with Crippen LogP contribution < -0.4 is 4.74 Å². The number of amides is 1. The van der Waals surface area contributed by atoms with E-state index < -0.39 is 15.8 Å². The van der Waals surface area contributed by atoms with E-state index in [9.17, 15) is 17.6 Å². The van der Waals surface area contributed by atoms with E-state index in [4.69, 9.17) is 4.74 Å². The fourth-order valence-electron chi connectivity index (χ4n) is 2.83. The molecule has 1 aliphatic heterocycles. The van der Waals surface area contributed by atoms with Crippen LogP contribution in [0.5, 0.6) is 5.75 Å². The molecule has 1 amide bonds. The van der Waals surface area contributed by atoms with Crippen LogP contribution >= 0.6 is 0 Å². The van der Waals surface area contributed by atoms with Crippen molar-refractivity contribution in [2.75, 3.05) is 32.8 Å². The molecule has 6 nitrogen and oxygen atoms in total. The summed E-state index contributed by atoms with van der Waals surface area (Å²) in [5.41, 5.74) is 1.10. The summed E-state index contributed by atoms with van der Waals surface area (Å²) in [6, 6.07) is 12.3. The van der Waals surface area contributed by atoms with Gasteiger partial charge in [0.05, 0.1) is 4.90 Å². The molecule has 0 N–H and O–H groups in total. The van der Waals surface area contributed by atoms with Gasteiger partial charge >= 0.3 is 0 Å². The highest BCUT2D eigenvalue weighted by atomic mass is 32.2. The van der Waals surface area contributed by atoms with Crippen molar-refractivity contribution in [3.8, 4) is 5.75 Å². The molecular formula is C19H21FN2O4S. The average Bonchev–Trinajstić information content (AvgIpc) is 2.67. The molecule has 0 radical (unpaired) electrons. The predicted octanol–water partition coefficient (Wildman–Crippen LogP) is 2.05. The standard InChI is InChI=1S/C19H21FN2O4S/c1-15-5-7-17(8-6-15)26-14-19(23)21-9-11-22(12-10-21)27(24,25)18-4-2-3-16(20)13-18/h2-8,13H,9-12,14H2,1H3. The Labute approximate surface area is 158 Å². The molecule has 2 aromatic carbocycles. The molecule has 1 heterocycles. The maximum atomic E-state index is 13.3. The fourth-order valence-corrected chi connectivity index (χ4v) is 4.28. The number of hydrogen-bond acceptors (Lipinski definition) is 4. The Morgan fingerprint density at radius 3 is 2.37 bits per heavy atom. The Bertz CT molecular complexity index is 908. The Kier molecular flexibility index (Phi) is 5.76. The highest BCUT2D eigenvalue weighted by molar-refractivity contribution is 7.89. The summed E-state index contributed by atoms with van der Waals surface area (Å²) in [5.74, 6) is -0.183. The van der Waals surface area contributed by atoms with Crippen LogP contribution in [0.1, 0.15) is 5.56 Å². The number of carbonyl (C=O) groups excluding carboxylic acids is 1. The Morgan fingerprint density at radius 1 is 1.07 bits per heavy atom. The van der Waals surface area contributed by atoms with Gasteiger partial charge in [0.2, 0.25) is 10.0 Å². The molecule has 1 aliphatic rings. The minimum atomic E-state index is -3.77. The number of rotatable bonds is 5. The van der Waals surface area contributed by atoms with E-state index in [0.717, 1.165) is 11.6 Å². The number of halogens is 1. The van der Waals surface area contributed by atoms with Gasteiger partial charge in [-0.25, -0.2) is 12.8 Å². The van der Waals surface area contributed by atoms with Crippen molar-refractivity contribution in [3.05, 3.63) is 59.9 Å². The first kappa shape index (κ1) is 19.3. The van der Waals surface area contributed by atoms with Crippen LogP contribution in [0.3, 0.4) is 0 Å². The van der Waals surface area contributed by atoms with E-state index in [-0.39, 0.29) is 43.6 Å². The summed E-state index contributed by atoms with van der Waals surface area (Å²) in [6.45, 7) is 2.73. The molecule has 0 saturated carbocycles. The third-order valence-corrected chi connectivity index (χ3v) is 6.30. The lowest BCUT2D eigenvalue weighted by Crippen LogP contribution is -2.51. The Balaban J connectivity index is 1.55. The summed E-state index contributed by atoms with van der Waals surface area (Å²) >= 11 is 0. The molecule has 0 bridgehead atoms. The van der Waals surface area contributed by atoms with Crippen molar-refractivity contribution in [2.45, 2.75) is 11.8 Å². The molecule has 1 saturated heterocycles.